The largest absolute Gasteiger partial charge is 0.491 e. The van der Waals surface area contributed by atoms with Crippen LogP contribution in [0.15, 0.2) is 72.8 Å². The smallest absolute Gasteiger partial charge is 0.328 e. The number of esters is 1. The van der Waals surface area contributed by atoms with E-state index in [9.17, 15) is 35.0 Å². The lowest BCUT2D eigenvalue weighted by molar-refractivity contribution is -0.763. The maximum Gasteiger partial charge on any atom is 0.328 e. The number of aliphatic hydroxyl groups excluding tert-OH is 3. The number of aliphatic hydroxyl groups is 3. The molecule has 2 aromatic carbocycles. The monoisotopic (exact) mass is 660 g/mol. The molecule has 1 amide bonds. The van der Waals surface area contributed by atoms with Crippen LogP contribution in [0.4, 0.5) is 0 Å². The molecular formula is C33H41ClN2O10. The molecule has 0 aromatic heterocycles. The summed E-state index contributed by atoms with van der Waals surface area (Å²) in [5.41, 5.74) is 1.28. The van der Waals surface area contributed by atoms with Crippen LogP contribution < -0.4 is 10.1 Å². The molecule has 250 valence electrons. The van der Waals surface area contributed by atoms with Crippen LogP contribution in [0.2, 0.25) is 5.02 Å². The van der Waals surface area contributed by atoms with Gasteiger partial charge in [-0.25, -0.2) is 4.79 Å². The fraction of sp³-hybridized carbons (Fsp3) is 0.455. The number of carbonyl (C=O) groups is 2. The molecule has 4 N–H and O–H groups in total. The fourth-order valence-electron chi connectivity index (χ4n) is 5.02. The summed E-state index contributed by atoms with van der Waals surface area (Å²) in [5.74, 6) is -0.890. The molecule has 1 aliphatic carbocycles. The molecule has 0 heterocycles. The highest BCUT2D eigenvalue weighted by atomic mass is 35.5. The van der Waals surface area contributed by atoms with Gasteiger partial charge in [-0.15, -0.1) is 10.1 Å². The Morgan fingerprint density at radius 1 is 1.11 bits per heavy atom. The first-order valence-electron chi connectivity index (χ1n) is 15.1. The molecular weight excluding hydrogens is 620 g/mol. The van der Waals surface area contributed by atoms with E-state index >= 15 is 0 Å². The Morgan fingerprint density at radius 3 is 2.52 bits per heavy atom. The van der Waals surface area contributed by atoms with Crippen molar-refractivity contribution in [1.82, 2.24) is 5.32 Å². The molecule has 0 radical (unpaired) electrons. The van der Waals surface area contributed by atoms with E-state index in [-0.39, 0.29) is 50.4 Å². The standard InChI is InChI=1S/C33H41ClN2O10/c1-22(33(41)45-19-23-11-13-24(14-12-23)20-46-36(42)43)35-32(40)10-5-3-2-4-9-28-29(31(39)18-30(28)38)16-15-26(37)21-44-27-8-6-7-25(34)17-27/h2,4,6-8,11-17,22,26,28-31,37-39H,3,5,9-10,18-21H2,1H3,(H,35,40)/b4-2-,16-15+/t22?,26-,28-,29-,30+,31-/m1/s1. The molecule has 3 rings (SSSR count). The topological polar surface area (TPSA) is 178 Å². The van der Waals surface area contributed by atoms with Crippen LogP contribution in [0.25, 0.3) is 0 Å². The summed E-state index contributed by atoms with van der Waals surface area (Å²) in [4.78, 5) is 39.2. The maximum absolute atomic E-state index is 12.3. The lowest BCUT2D eigenvalue weighted by atomic mass is 9.89. The minimum absolute atomic E-state index is 0.0114. The molecule has 1 fully saturated rings. The first-order chi connectivity index (χ1) is 22.0. The molecule has 46 heavy (non-hydrogen) atoms. The van der Waals surface area contributed by atoms with Gasteiger partial charge in [0.1, 0.15) is 37.7 Å². The van der Waals surface area contributed by atoms with Crippen molar-refractivity contribution in [3.63, 3.8) is 0 Å². The molecule has 12 nitrogen and oxygen atoms in total. The number of ether oxygens (including phenoxy) is 2. The van der Waals surface area contributed by atoms with Crippen LogP contribution in [-0.4, -0.2) is 63.2 Å². The second kappa shape index (κ2) is 18.9. The van der Waals surface area contributed by atoms with Gasteiger partial charge in [0.2, 0.25) is 5.91 Å². The predicted octanol–water partition coefficient (Wildman–Crippen LogP) is 4.07. The van der Waals surface area contributed by atoms with Crippen LogP contribution in [0.1, 0.15) is 50.2 Å². The highest BCUT2D eigenvalue weighted by molar-refractivity contribution is 6.30. The van der Waals surface area contributed by atoms with E-state index in [1.54, 1.807) is 60.7 Å². The van der Waals surface area contributed by atoms with Crippen molar-refractivity contribution in [2.24, 2.45) is 11.8 Å². The molecule has 2 aromatic rings. The van der Waals surface area contributed by atoms with Crippen LogP contribution in [0.3, 0.4) is 0 Å². The van der Waals surface area contributed by atoms with Crippen molar-refractivity contribution in [3.05, 3.63) is 99.1 Å². The number of nitrogens with one attached hydrogen (secondary N) is 1. The van der Waals surface area contributed by atoms with Gasteiger partial charge in [-0.2, -0.15) is 0 Å². The number of hydrogen-bond donors (Lipinski definition) is 4. The second-order valence-corrected chi connectivity index (χ2v) is 11.6. The van der Waals surface area contributed by atoms with Crippen LogP contribution in [-0.2, 0) is 32.4 Å². The van der Waals surface area contributed by atoms with E-state index < -0.39 is 35.4 Å². The molecule has 1 saturated carbocycles. The Balaban J connectivity index is 1.33. The number of halogens is 1. The van der Waals surface area contributed by atoms with Crippen molar-refractivity contribution in [2.45, 2.75) is 76.6 Å². The van der Waals surface area contributed by atoms with E-state index in [2.05, 4.69) is 10.2 Å². The number of unbranched alkanes of at least 4 members (excludes halogenated alkanes) is 1. The predicted molar refractivity (Wildman–Crippen MR) is 169 cm³/mol. The van der Waals surface area contributed by atoms with Gasteiger partial charge >= 0.3 is 5.97 Å². The summed E-state index contributed by atoms with van der Waals surface area (Å²) in [5, 5.41) is 43.8. The Hall–Kier alpha value is -3.97. The molecule has 0 spiro atoms. The molecule has 1 aliphatic rings. The Kier molecular flexibility index (Phi) is 15.0. The number of amides is 1. The quantitative estimate of drug-likeness (QED) is 0.0599. The lowest BCUT2D eigenvalue weighted by Gasteiger charge is -2.19. The van der Waals surface area contributed by atoms with Crippen molar-refractivity contribution < 1.29 is 44.3 Å². The Bertz CT molecular complexity index is 1340. The van der Waals surface area contributed by atoms with Crippen LogP contribution in [0.5, 0.6) is 5.75 Å². The maximum atomic E-state index is 12.3. The third-order valence-corrected chi connectivity index (χ3v) is 7.74. The van der Waals surface area contributed by atoms with E-state index in [0.29, 0.717) is 41.2 Å². The van der Waals surface area contributed by atoms with Gasteiger partial charge in [0.05, 0.1) is 12.2 Å². The van der Waals surface area contributed by atoms with Gasteiger partial charge in [0.15, 0.2) is 0 Å². The van der Waals surface area contributed by atoms with Gasteiger partial charge in [-0.05, 0) is 61.4 Å². The molecule has 0 aliphatic heterocycles. The molecule has 6 atom stereocenters. The highest BCUT2D eigenvalue weighted by Crippen LogP contribution is 2.36. The zero-order valence-corrected chi connectivity index (χ0v) is 26.3. The molecule has 0 saturated heterocycles. The average Bonchev–Trinajstić information content (AvgIpc) is 3.29. The van der Waals surface area contributed by atoms with Crippen LogP contribution >= 0.6 is 11.6 Å². The van der Waals surface area contributed by atoms with Gasteiger partial charge in [-0.3, -0.25) is 4.79 Å². The second-order valence-electron chi connectivity index (χ2n) is 11.1. The van der Waals surface area contributed by atoms with Crippen LogP contribution in [0, 0.1) is 22.0 Å². The normalized spacial score (nSPS) is 20.8. The molecule has 0 bridgehead atoms. The number of allylic oxidation sites excluding steroid dienone is 2. The fourth-order valence-corrected chi connectivity index (χ4v) is 5.20. The van der Waals surface area contributed by atoms with Crippen molar-refractivity contribution in [2.75, 3.05) is 6.61 Å². The van der Waals surface area contributed by atoms with Gasteiger partial charge < -0.3 is 34.9 Å². The summed E-state index contributed by atoms with van der Waals surface area (Å²) in [6, 6.07) is 12.6. The number of carbonyl (C=O) groups excluding carboxylic acids is 2. The summed E-state index contributed by atoms with van der Waals surface area (Å²) >= 11 is 5.95. The van der Waals surface area contributed by atoms with Gasteiger partial charge in [0.25, 0.3) is 5.09 Å². The molecule has 1 unspecified atom stereocenters. The van der Waals surface area contributed by atoms with Crippen molar-refractivity contribution in [1.29, 1.82) is 0 Å². The Morgan fingerprint density at radius 2 is 1.83 bits per heavy atom. The highest BCUT2D eigenvalue weighted by Gasteiger charge is 2.39. The minimum Gasteiger partial charge on any atom is -0.491 e. The number of rotatable bonds is 18. The van der Waals surface area contributed by atoms with Crippen molar-refractivity contribution >= 4 is 23.5 Å². The third-order valence-electron chi connectivity index (χ3n) is 7.51. The van der Waals surface area contributed by atoms with E-state index in [1.807, 2.05) is 12.2 Å². The SMILES string of the molecule is CC(NC(=O)CCC/C=C\C[C@@H]1[C@@H](/C=C/[C@@H](O)COc2cccc(Cl)c2)[C@H](O)C[C@@H]1O)C(=O)OCc1ccc(CO[N+](=O)[O-])cc1. The number of benzene rings is 2. The first kappa shape index (κ1) is 36.5. The van der Waals surface area contributed by atoms with Gasteiger partial charge in [-0.1, -0.05) is 66.2 Å². The van der Waals surface area contributed by atoms with E-state index in [1.165, 1.54) is 6.92 Å². The number of nitrogens with zero attached hydrogens (tertiary/aromatic N) is 1. The average molecular weight is 661 g/mol. The zero-order valence-electron chi connectivity index (χ0n) is 25.6. The summed E-state index contributed by atoms with van der Waals surface area (Å²) < 4.78 is 10.8. The first-order valence-corrected chi connectivity index (χ1v) is 15.5. The molecule has 13 heteroatoms. The minimum atomic E-state index is -0.903. The summed E-state index contributed by atoms with van der Waals surface area (Å²) in [6.45, 7) is 1.37. The van der Waals surface area contributed by atoms with E-state index in [4.69, 9.17) is 21.1 Å². The van der Waals surface area contributed by atoms with Crippen molar-refractivity contribution in [3.8, 4) is 5.75 Å². The summed E-state index contributed by atoms with van der Waals surface area (Å²) in [6.07, 6.45) is 6.97. The number of hydrogen-bond acceptors (Lipinski definition) is 10. The Labute approximate surface area is 272 Å². The lowest BCUT2D eigenvalue weighted by Crippen LogP contribution is -2.39. The van der Waals surface area contributed by atoms with Gasteiger partial charge in [0, 0.05) is 23.8 Å². The van der Waals surface area contributed by atoms with E-state index in [0.717, 1.165) is 0 Å². The third kappa shape index (κ3) is 12.8. The zero-order chi connectivity index (χ0) is 33.5. The summed E-state index contributed by atoms with van der Waals surface area (Å²) in [7, 11) is 0.